The molecular weight excluding hydrogens is 531 g/mol. The molecule has 2 saturated heterocycles. The predicted molar refractivity (Wildman–Crippen MR) is 162 cm³/mol. The molecule has 2 N–H and O–H groups in total. The maximum absolute atomic E-state index is 14.8. The van der Waals surface area contributed by atoms with Crippen LogP contribution in [0.1, 0.15) is 36.8 Å². The number of terminal acetylenes is 1. The van der Waals surface area contributed by atoms with Crippen molar-refractivity contribution in [2.75, 3.05) is 45.2 Å². The normalized spacial score (nSPS) is 20.8. The van der Waals surface area contributed by atoms with Crippen molar-refractivity contribution < 1.29 is 14.2 Å². The molecule has 3 fully saturated rings. The number of rotatable bonds is 7. The first-order valence-corrected chi connectivity index (χ1v) is 14.6. The maximum Gasteiger partial charge on any atom is 0.319 e. The molecule has 2 aliphatic heterocycles. The zero-order chi connectivity index (χ0) is 29.2. The number of hydrogen-bond donors (Lipinski definition) is 2. The van der Waals surface area contributed by atoms with Crippen LogP contribution < -0.4 is 15.0 Å². The number of nitrogens with one attached hydrogen (secondary N) is 1. The molecule has 2 atom stereocenters. The first-order valence-electron chi connectivity index (χ1n) is 14.6. The van der Waals surface area contributed by atoms with Crippen molar-refractivity contribution in [1.82, 2.24) is 25.2 Å². The Labute approximate surface area is 244 Å². The lowest BCUT2D eigenvalue weighted by atomic mass is 9.92. The summed E-state index contributed by atoms with van der Waals surface area (Å²) in [6.45, 7) is 5.17. The molecule has 42 heavy (non-hydrogen) atoms. The smallest absolute Gasteiger partial charge is 0.319 e. The van der Waals surface area contributed by atoms with Gasteiger partial charge in [-0.25, -0.2) is 4.39 Å². The van der Waals surface area contributed by atoms with Gasteiger partial charge in [-0.15, -0.1) is 6.42 Å². The Morgan fingerprint density at radius 1 is 1.14 bits per heavy atom. The third-order valence-electron chi connectivity index (χ3n) is 9.05. The van der Waals surface area contributed by atoms with E-state index in [0.717, 1.165) is 56.7 Å². The molecule has 7 rings (SSSR count). The fourth-order valence-electron chi connectivity index (χ4n) is 6.88. The van der Waals surface area contributed by atoms with Gasteiger partial charge in [0.05, 0.1) is 12.2 Å². The minimum atomic E-state index is -0.483. The molecule has 0 spiro atoms. The van der Waals surface area contributed by atoms with Gasteiger partial charge in [-0.1, -0.05) is 12.0 Å². The average molecular weight is 567 g/mol. The molecule has 1 aliphatic carbocycles. The number of hydrogen-bond acceptors (Lipinski definition) is 8. The van der Waals surface area contributed by atoms with E-state index in [1.807, 2.05) is 6.92 Å². The van der Waals surface area contributed by atoms with Crippen LogP contribution in [0.3, 0.4) is 0 Å². The van der Waals surface area contributed by atoms with E-state index in [-0.39, 0.29) is 16.7 Å². The molecular formula is C33H35FN6O2. The number of benzene rings is 2. The fraction of sp³-hybridized carbons (Fsp3) is 0.424. The van der Waals surface area contributed by atoms with Crippen LogP contribution in [0.15, 0.2) is 30.5 Å². The van der Waals surface area contributed by atoms with Crippen LogP contribution in [-0.4, -0.2) is 77.4 Å². The maximum atomic E-state index is 14.8. The molecule has 2 aromatic carbocycles. The molecule has 3 aliphatic rings. The number of anilines is 1. The molecule has 0 radical (unpaired) electrons. The quantitative estimate of drug-likeness (QED) is 0.313. The van der Waals surface area contributed by atoms with Crippen LogP contribution in [0.5, 0.6) is 11.8 Å². The van der Waals surface area contributed by atoms with Gasteiger partial charge in [0.15, 0.2) is 5.82 Å². The second-order valence-electron chi connectivity index (χ2n) is 12.6. The number of halogens is 1. The topological polar surface area (TPSA) is 86.6 Å². The summed E-state index contributed by atoms with van der Waals surface area (Å²) in [7, 11) is 4.17. The number of nitrogens with zero attached hydrogens (tertiary/aromatic N) is 5. The van der Waals surface area contributed by atoms with E-state index >= 15 is 0 Å². The summed E-state index contributed by atoms with van der Waals surface area (Å²) >= 11 is 0. The molecule has 2 aromatic heterocycles. The van der Waals surface area contributed by atoms with Crippen molar-refractivity contribution in [3.63, 3.8) is 0 Å². The highest BCUT2D eigenvalue weighted by atomic mass is 19.1. The number of phenolic OH excluding ortho intramolecular Hbond substituents is 1. The third kappa shape index (κ3) is 4.69. The Morgan fingerprint density at radius 2 is 1.90 bits per heavy atom. The van der Waals surface area contributed by atoms with Gasteiger partial charge in [0.1, 0.15) is 22.6 Å². The highest BCUT2D eigenvalue weighted by Crippen LogP contribution is 2.46. The van der Waals surface area contributed by atoms with Crippen molar-refractivity contribution in [2.45, 2.75) is 44.7 Å². The van der Waals surface area contributed by atoms with Crippen molar-refractivity contribution >= 4 is 27.6 Å². The highest BCUT2D eigenvalue weighted by molar-refractivity contribution is 6.04. The average Bonchev–Trinajstić information content (AvgIpc) is 3.64. The minimum absolute atomic E-state index is 0.0610. The zero-order valence-electron chi connectivity index (χ0n) is 24.2. The second kappa shape index (κ2) is 10.1. The van der Waals surface area contributed by atoms with Gasteiger partial charge >= 0.3 is 6.01 Å². The van der Waals surface area contributed by atoms with E-state index in [9.17, 15) is 9.50 Å². The molecule has 2 bridgehead atoms. The molecule has 216 valence electrons. The summed E-state index contributed by atoms with van der Waals surface area (Å²) in [6, 6.07) is 7.35. The largest absolute Gasteiger partial charge is 0.508 e. The summed E-state index contributed by atoms with van der Waals surface area (Å²) in [5.41, 5.74) is 3.81. The van der Waals surface area contributed by atoms with Gasteiger partial charge in [0.2, 0.25) is 0 Å². The van der Waals surface area contributed by atoms with Crippen LogP contribution in [-0.2, 0) is 0 Å². The van der Waals surface area contributed by atoms with Gasteiger partial charge in [0.25, 0.3) is 0 Å². The number of ether oxygens (including phenoxy) is 1. The zero-order valence-corrected chi connectivity index (χ0v) is 24.2. The van der Waals surface area contributed by atoms with E-state index in [0.29, 0.717) is 57.6 Å². The van der Waals surface area contributed by atoms with E-state index in [2.05, 4.69) is 35.1 Å². The molecule has 8 nitrogen and oxygen atoms in total. The Kier molecular flexibility index (Phi) is 6.44. The van der Waals surface area contributed by atoms with Crippen LogP contribution in [0.25, 0.3) is 32.9 Å². The molecule has 1 saturated carbocycles. The van der Waals surface area contributed by atoms with Crippen LogP contribution in [0, 0.1) is 30.5 Å². The summed E-state index contributed by atoms with van der Waals surface area (Å²) in [5, 5.41) is 15.5. The number of fused-ring (bicyclic) bond motifs is 4. The first kappa shape index (κ1) is 26.9. The van der Waals surface area contributed by atoms with Crippen molar-refractivity contribution in [3.8, 4) is 35.2 Å². The van der Waals surface area contributed by atoms with E-state index < -0.39 is 5.82 Å². The van der Waals surface area contributed by atoms with Crippen LogP contribution >= 0.6 is 0 Å². The van der Waals surface area contributed by atoms with Crippen LogP contribution in [0.2, 0.25) is 0 Å². The molecule has 4 heterocycles. The number of aromatic nitrogens is 3. The molecule has 4 aromatic rings. The number of piperazine rings is 1. The minimum Gasteiger partial charge on any atom is -0.508 e. The lowest BCUT2D eigenvalue weighted by molar-refractivity contribution is 0.183. The Bertz CT molecular complexity index is 1750. The molecule has 9 heteroatoms. The van der Waals surface area contributed by atoms with Crippen molar-refractivity contribution in [3.05, 3.63) is 47.4 Å². The fourth-order valence-corrected chi connectivity index (χ4v) is 6.88. The first-order chi connectivity index (χ1) is 20.2. The van der Waals surface area contributed by atoms with Crippen LogP contribution in [0.4, 0.5) is 10.2 Å². The highest BCUT2D eigenvalue weighted by Gasteiger charge is 2.44. The van der Waals surface area contributed by atoms with Gasteiger partial charge in [-0.2, -0.15) is 9.97 Å². The van der Waals surface area contributed by atoms with E-state index in [1.54, 1.807) is 24.4 Å². The third-order valence-corrected chi connectivity index (χ3v) is 9.05. The molecule has 0 amide bonds. The monoisotopic (exact) mass is 566 g/mol. The molecule has 2 unspecified atom stereocenters. The van der Waals surface area contributed by atoms with Crippen molar-refractivity contribution in [1.29, 1.82) is 0 Å². The predicted octanol–water partition coefficient (Wildman–Crippen LogP) is 4.64. The summed E-state index contributed by atoms with van der Waals surface area (Å²) in [5.74, 6) is 2.86. The van der Waals surface area contributed by atoms with E-state index in [1.165, 1.54) is 6.07 Å². The number of aromatic hydroxyl groups is 1. The van der Waals surface area contributed by atoms with Crippen molar-refractivity contribution in [2.24, 2.45) is 5.41 Å². The number of aryl methyl sites for hydroxylation is 1. The lowest BCUT2D eigenvalue weighted by Gasteiger charge is -2.34. The summed E-state index contributed by atoms with van der Waals surface area (Å²) in [4.78, 5) is 19.3. The number of pyridine rings is 1. The summed E-state index contributed by atoms with van der Waals surface area (Å²) in [6.07, 6.45) is 12.1. The van der Waals surface area contributed by atoms with Gasteiger partial charge in [0, 0.05) is 54.3 Å². The van der Waals surface area contributed by atoms with E-state index in [4.69, 9.17) is 26.1 Å². The number of phenols is 1. The standard InChI is InChI=1S/C33H35FN6O2/c1-5-24-27(34)9-6-20-12-23(41)13-25(28(20)24)26-14-35-30-29(19(26)2)37-32(42-18-33(10-11-33)17-39(3)4)38-31(30)40-15-21-7-8-22(16-40)36-21/h1,6,9,12-14,21-22,36,41H,7-8,10-11,15-18H2,2-4H3. The Hall–Kier alpha value is -4.00. The van der Waals surface area contributed by atoms with Gasteiger partial charge in [-0.3, -0.25) is 4.98 Å². The lowest BCUT2D eigenvalue weighted by Crippen LogP contribution is -2.51. The Morgan fingerprint density at radius 3 is 2.60 bits per heavy atom. The Balaban J connectivity index is 1.38. The summed E-state index contributed by atoms with van der Waals surface area (Å²) < 4.78 is 21.2. The SMILES string of the molecule is C#Cc1c(F)ccc2cc(O)cc(-c3cnc4c(N5CC6CCC(C5)N6)nc(OCC5(CN(C)C)CC5)nc4c3C)c12. The second-order valence-corrected chi connectivity index (χ2v) is 12.6. The van der Waals surface area contributed by atoms with Gasteiger partial charge < -0.3 is 25.0 Å². The van der Waals surface area contributed by atoms with Gasteiger partial charge in [-0.05, 0) is 81.4 Å².